The van der Waals surface area contributed by atoms with Crippen LogP contribution in [0.3, 0.4) is 0 Å². The molecule has 2 aliphatic rings. The van der Waals surface area contributed by atoms with Gasteiger partial charge < -0.3 is 15.2 Å². The molecule has 1 aromatic rings. The maximum absolute atomic E-state index is 11.6. The van der Waals surface area contributed by atoms with E-state index < -0.39 is 5.79 Å². The number of ketones is 1. The number of hydrogen-bond acceptors (Lipinski definition) is 4. The molecule has 4 heteroatoms. The van der Waals surface area contributed by atoms with Crippen molar-refractivity contribution >= 4 is 5.78 Å². The molecule has 4 nitrogen and oxygen atoms in total. The van der Waals surface area contributed by atoms with Crippen LogP contribution >= 0.6 is 0 Å². The Morgan fingerprint density at radius 1 is 1.17 bits per heavy atom. The Morgan fingerprint density at radius 2 is 1.89 bits per heavy atom. The number of Topliss-reactive ketones (excluding diaryl/α,β-unsaturated/α-hetero) is 1. The van der Waals surface area contributed by atoms with Crippen molar-refractivity contribution in [2.45, 2.75) is 37.9 Å². The van der Waals surface area contributed by atoms with Crippen LogP contribution in [0.2, 0.25) is 0 Å². The van der Waals surface area contributed by atoms with Gasteiger partial charge in [-0.25, -0.2) is 0 Å². The van der Waals surface area contributed by atoms with Crippen molar-refractivity contribution in [3.63, 3.8) is 0 Å². The van der Waals surface area contributed by atoms with Gasteiger partial charge in [-0.05, 0) is 31.0 Å². The highest BCUT2D eigenvalue weighted by Crippen LogP contribution is 2.45. The topological polar surface area (TPSA) is 61.6 Å². The molecule has 0 radical (unpaired) electrons. The number of ether oxygens (including phenoxy) is 2. The van der Waals surface area contributed by atoms with Gasteiger partial charge in [0.15, 0.2) is 17.3 Å². The molecule has 1 aromatic carbocycles. The minimum atomic E-state index is -0.481. The molecular weight excluding hydrogens is 230 g/mol. The molecular formula is C14H17NO3. The maximum atomic E-state index is 11.6. The van der Waals surface area contributed by atoms with Crippen LogP contribution in [-0.4, -0.2) is 18.1 Å². The monoisotopic (exact) mass is 247 g/mol. The second-order valence-corrected chi connectivity index (χ2v) is 4.96. The van der Waals surface area contributed by atoms with E-state index in [0.717, 1.165) is 31.4 Å². The molecule has 0 saturated heterocycles. The lowest BCUT2D eigenvalue weighted by atomic mass is 9.94. The number of carbonyl (C=O) groups excluding carboxylic acids is 1. The molecule has 2 N–H and O–H groups in total. The Labute approximate surface area is 106 Å². The van der Waals surface area contributed by atoms with Crippen LogP contribution in [0.4, 0.5) is 0 Å². The van der Waals surface area contributed by atoms with Gasteiger partial charge in [-0.2, -0.15) is 0 Å². The van der Waals surface area contributed by atoms with Crippen molar-refractivity contribution in [2.75, 3.05) is 6.54 Å². The summed E-state index contributed by atoms with van der Waals surface area (Å²) < 4.78 is 11.9. The summed E-state index contributed by atoms with van der Waals surface area (Å²) in [6.45, 7) is 0.0186. The predicted molar refractivity (Wildman–Crippen MR) is 66.9 cm³/mol. The molecule has 1 aliphatic heterocycles. The van der Waals surface area contributed by atoms with Gasteiger partial charge in [-0.1, -0.05) is 6.42 Å². The molecule has 1 spiro atoms. The lowest BCUT2D eigenvalue weighted by Crippen LogP contribution is -2.40. The number of hydrogen-bond donors (Lipinski definition) is 1. The minimum absolute atomic E-state index is 0.0186. The first kappa shape index (κ1) is 11.5. The van der Waals surface area contributed by atoms with E-state index in [1.54, 1.807) is 12.1 Å². The number of rotatable bonds is 2. The van der Waals surface area contributed by atoms with Gasteiger partial charge in [0.2, 0.25) is 0 Å². The summed E-state index contributed by atoms with van der Waals surface area (Å²) in [5, 5.41) is 0. The molecule has 0 bridgehead atoms. The number of fused-ring (bicyclic) bond motifs is 1. The van der Waals surface area contributed by atoms with Gasteiger partial charge in [0.05, 0.1) is 6.54 Å². The van der Waals surface area contributed by atoms with Crippen LogP contribution in [0.5, 0.6) is 11.5 Å². The fourth-order valence-electron chi connectivity index (χ4n) is 2.68. The van der Waals surface area contributed by atoms with E-state index in [0.29, 0.717) is 11.3 Å². The smallest absolute Gasteiger partial charge is 0.251 e. The van der Waals surface area contributed by atoms with Gasteiger partial charge in [0, 0.05) is 18.4 Å². The van der Waals surface area contributed by atoms with Crippen molar-refractivity contribution in [1.82, 2.24) is 0 Å². The molecule has 96 valence electrons. The van der Waals surface area contributed by atoms with E-state index in [1.165, 1.54) is 6.42 Å². The van der Waals surface area contributed by atoms with Gasteiger partial charge in [0.25, 0.3) is 5.79 Å². The number of benzene rings is 1. The first-order chi connectivity index (χ1) is 8.72. The van der Waals surface area contributed by atoms with Gasteiger partial charge in [-0.15, -0.1) is 0 Å². The third kappa shape index (κ3) is 1.86. The summed E-state index contributed by atoms with van der Waals surface area (Å²) in [5.74, 6) is 0.859. The third-order valence-corrected chi connectivity index (χ3v) is 3.66. The Morgan fingerprint density at radius 3 is 2.61 bits per heavy atom. The molecule has 0 amide bonds. The average molecular weight is 247 g/mol. The number of carbonyl (C=O) groups is 1. The van der Waals surface area contributed by atoms with Gasteiger partial charge in [0.1, 0.15) is 0 Å². The van der Waals surface area contributed by atoms with E-state index in [2.05, 4.69) is 0 Å². The first-order valence-electron chi connectivity index (χ1n) is 6.48. The second-order valence-electron chi connectivity index (χ2n) is 4.96. The molecule has 18 heavy (non-hydrogen) atoms. The molecule has 0 aromatic heterocycles. The quantitative estimate of drug-likeness (QED) is 0.814. The van der Waals surface area contributed by atoms with Crippen LogP contribution < -0.4 is 15.2 Å². The highest BCUT2D eigenvalue weighted by atomic mass is 16.7. The van der Waals surface area contributed by atoms with Gasteiger partial charge in [-0.3, -0.25) is 4.79 Å². The van der Waals surface area contributed by atoms with E-state index >= 15 is 0 Å². The van der Waals surface area contributed by atoms with Crippen molar-refractivity contribution in [3.8, 4) is 11.5 Å². The highest BCUT2D eigenvalue weighted by molar-refractivity contribution is 5.98. The normalized spacial score (nSPS) is 20.1. The molecule has 1 heterocycles. The van der Waals surface area contributed by atoms with Gasteiger partial charge >= 0.3 is 0 Å². The van der Waals surface area contributed by atoms with Crippen molar-refractivity contribution in [1.29, 1.82) is 0 Å². The van der Waals surface area contributed by atoms with Crippen LogP contribution in [0, 0.1) is 0 Å². The second kappa shape index (κ2) is 4.28. The standard InChI is InChI=1S/C14H17NO3/c15-9-11(16)10-4-5-12-13(8-10)18-14(17-12)6-2-1-3-7-14/h4-5,8H,1-3,6-7,9,15H2. The van der Waals surface area contributed by atoms with Crippen LogP contribution in [-0.2, 0) is 0 Å². The largest absolute Gasteiger partial charge is 0.448 e. The lowest BCUT2D eigenvalue weighted by Gasteiger charge is -2.31. The molecule has 1 fully saturated rings. The molecule has 1 aliphatic carbocycles. The fraction of sp³-hybridized carbons (Fsp3) is 0.500. The molecule has 3 rings (SSSR count). The zero-order chi connectivity index (χ0) is 12.6. The van der Waals surface area contributed by atoms with E-state index in [-0.39, 0.29) is 12.3 Å². The fourth-order valence-corrected chi connectivity index (χ4v) is 2.68. The minimum Gasteiger partial charge on any atom is -0.448 e. The Balaban J connectivity index is 1.86. The zero-order valence-corrected chi connectivity index (χ0v) is 10.3. The average Bonchev–Trinajstić information content (AvgIpc) is 2.74. The highest BCUT2D eigenvalue weighted by Gasteiger charge is 2.42. The Bertz CT molecular complexity index is 478. The molecule has 0 atom stereocenters. The summed E-state index contributed by atoms with van der Waals surface area (Å²) in [6.07, 6.45) is 5.33. The third-order valence-electron chi connectivity index (χ3n) is 3.66. The summed E-state index contributed by atoms with van der Waals surface area (Å²) in [5.41, 5.74) is 5.95. The molecule has 0 unspecified atom stereocenters. The summed E-state index contributed by atoms with van der Waals surface area (Å²) in [4.78, 5) is 11.6. The summed E-state index contributed by atoms with van der Waals surface area (Å²) >= 11 is 0. The zero-order valence-electron chi connectivity index (χ0n) is 10.3. The summed E-state index contributed by atoms with van der Waals surface area (Å²) in [7, 11) is 0. The van der Waals surface area contributed by atoms with E-state index in [4.69, 9.17) is 15.2 Å². The lowest BCUT2D eigenvalue weighted by molar-refractivity contribution is -0.105. The van der Waals surface area contributed by atoms with Crippen LogP contribution in [0.25, 0.3) is 0 Å². The maximum Gasteiger partial charge on any atom is 0.251 e. The SMILES string of the molecule is NCC(=O)c1ccc2c(c1)OC1(CCCCC1)O2. The van der Waals surface area contributed by atoms with Crippen molar-refractivity contribution < 1.29 is 14.3 Å². The van der Waals surface area contributed by atoms with Crippen molar-refractivity contribution in [3.05, 3.63) is 23.8 Å². The van der Waals surface area contributed by atoms with Crippen LogP contribution in [0.15, 0.2) is 18.2 Å². The predicted octanol–water partition coefficient (Wildman–Crippen LogP) is 2.26. The molecule has 1 saturated carbocycles. The Kier molecular flexibility index (Phi) is 2.74. The van der Waals surface area contributed by atoms with E-state index in [9.17, 15) is 4.79 Å². The first-order valence-corrected chi connectivity index (χ1v) is 6.48. The van der Waals surface area contributed by atoms with Crippen LogP contribution in [0.1, 0.15) is 42.5 Å². The van der Waals surface area contributed by atoms with E-state index in [1.807, 2.05) is 6.07 Å². The van der Waals surface area contributed by atoms with Crippen molar-refractivity contribution in [2.24, 2.45) is 5.73 Å². The summed E-state index contributed by atoms with van der Waals surface area (Å²) in [6, 6.07) is 5.30. The Hall–Kier alpha value is -1.55. The number of nitrogens with two attached hydrogens (primary N) is 1.